The molecule has 4 rings (SSSR count). The number of halogens is 3. The zero-order valence-electron chi connectivity index (χ0n) is 14.2. The van der Waals surface area contributed by atoms with Gasteiger partial charge in [0, 0.05) is 6.07 Å². The average Bonchev–Trinajstić information content (AvgIpc) is 3.33. The molecule has 1 aromatic heterocycles. The first-order chi connectivity index (χ1) is 13.5. The lowest BCUT2D eigenvalue weighted by atomic mass is 10.1. The Labute approximate surface area is 157 Å². The summed E-state index contributed by atoms with van der Waals surface area (Å²) in [5.41, 5.74) is 1.48. The van der Waals surface area contributed by atoms with Crippen molar-refractivity contribution in [3.8, 4) is 17.2 Å². The van der Waals surface area contributed by atoms with Crippen molar-refractivity contribution in [2.24, 2.45) is 5.16 Å². The first-order valence-electron chi connectivity index (χ1n) is 8.17. The number of ether oxygens (including phenoxy) is 2. The van der Waals surface area contributed by atoms with Gasteiger partial charge in [-0.2, -0.15) is 0 Å². The summed E-state index contributed by atoms with van der Waals surface area (Å²) in [6.07, 6.45) is -1.70. The van der Waals surface area contributed by atoms with Crippen LogP contribution in [0.1, 0.15) is 18.1 Å². The Morgan fingerprint density at radius 1 is 1.00 bits per heavy atom. The zero-order valence-corrected chi connectivity index (χ0v) is 14.2. The Bertz CT molecular complexity index is 972. The molecule has 0 N–H and O–H groups in total. The van der Waals surface area contributed by atoms with Crippen LogP contribution >= 0.6 is 0 Å². The van der Waals surface area contributed by atoms with E-state index in [0.29, 0.717) is 23.6 Å². The van der Waals surface area contributed by atoms with E-state index in [1.54, 1.807) is 29.4 Å². The SMILES string of the molecule is FC(F)(F)Oc1ccc([C@H]2CC(Oc3cccc(-n4cnnc4)c3)=NO2)cc1. The number of benzene rings is 2. The maximum absolute atomic E-state index is 12.2. The van der Waals surface area contributed by atoms with Gasteiger partial charge in [0.2, 0.25) is 5.90 Å². The number of alkyl halides is 3. The van der Waals surface area contributed by atoms with Crippen molar-refractivity contribution in [3.63, 3.8) is 0 Å². The van der Waals surface area contributed by atoms with Crippen LogP contribution in [0.15, 0.2) is 66.3 Å². The number of rotatable bonds is 4. The smallest absolute Gasteiger partial charge is 0.440 e. The summed E-state index contributed by atoms with van der Waals surface area (Å²) in [5, 5.41) is 11.4. The molecule has 7 nitrogen and oxygen atoms in total. The van der Waals surface area contributed by atoms with E-state index in [-0.39, 0.29) is 5.75 Å². The highest BCUT2D eigenvalue weighted by molar-refractivity contribution is 5.80. The molecule has 1 atom stereocenters. The Kier molecular flexibility index (Phi) is 4.60. The highest BCUT2D eigenvalue weighted by atomic mass is 19.4. The van der Waals surface area contributed by atoms with Gasteiger partial charge in [-0.1, -0.05) is 23.4 Å². The maximum Gasteiger partial charge on any atom is 0.573 e. The molecule has 0 radical (unpaired) electrons. The summed E-state index contributed by atoms with van der Waals surface area (Å²) in [6, 6.07) is 12.7. The topological polar surface area (TPSA) is 70.8 Å². The molecular formula is C18H13F3N4O3. The molecule has 0 saturated heterocycles. The number of nitrogens with zero attached hydrogens (tertiary/aromatic N) is 4. The fraction of sp³-hybridized carbons (Fsp3) is 0.167. The van der Waals surface area contributed by atoms with Crippen molar-refractivity contribution in [1.82, 2.24) is 14.8 Å². The molecule has 2 aromatic carbocycles. The quantitative estimate of drug-likeness (QED) is 0.673. The van der Waals surface area contributed by atoms with Crippen LogP contribution in [0.5, 0.6) is 11.5 Å². The van der Waals surface area contributed by atoms with Crippen molar-refractivity contribution < 1.29 is 27.5 Å². The van der Waals surface area contributed by atoms with E-state index in [9.17, 15) is 13.2 Å². The summed E-state index contributed by atoms with van der Waals surface area (Å²) in [6.45, 7) is 0. The fourth-order valence-electron chi connectivity index (χ4n) is 2.66. The summed E-state index contributed by atoms with van der Waals surface area (Å²) in [7, 11) is 0. The van der Waals surface area contributed by atoms with Crippen LogP contribution in [0.2, 0.25) is 0 Å². The van der Waals surface area contributed by atoms with E-state index >= 15 is 0 Å². The van der Waals surface area contributed by atoms with Gasteiger partial charge in [-0.3, -0.25) is 4.57 Å². The fourth-order valence-corrected chi connectivity index (χ4v) is 2.66. The Hall–Kier alpha value is -3.56. The van der Waals surface area contributed by atoms with Crippen LogP contribution in [0.4, 0.5) is 13.2 Å². The van der Waals surface area contributed by atoms with E-state index in [1.807, 2.05) is 12.1 Å². The van der Waals surface area contributed by atoms with Gasteiger partial charge >= 0.3 is 6.36 Å². The molecule has 3 aromatic rings. The molecule has 1 aliphatic rings. The summed E-state index contributed by atoms with van der Waals surface area (Å²) in [4.78, 5) is 5.34. The largest absolute Gasteiger partial charge is 0.573 e. The Morgan fingerprint density at radius 2 is 1.75 bits per heavy atom. The molecule has 0 spiro atoms. The second-order valence-corrected chi connectivity index (χ2v) is 5.87. The van der Waals surface area contributed by atoms with Crippen molar-refractivity contribution in [2.45, 2.75) is 18.9 Å². The minimum absolute atomic E-state index is 0.294. The molecule has 0 saturated carbocycles. The monoisotopic (exact) mass is 390 g/mol. The molecule has 0 fully saturated rings. The van der Waals surface area contributed by atoms with Crippen LogP contribution in [0.25, 0.3) is 5.69 Å². The van der Waals surface area contributed by atoms with E-state index in [0.717, 1.165) is 5.69 Å². The standard InChI is InChI=1S/C18H13F3N4O3/c19-18(20,21)27-14-6-4-12(5-7-14)16-9-17(24-28-16)26-15-3-1-2-13(8-15)25-10-22-23-11-25/h1-8,10-11,16H,9H2/t16-/m1/s1. The summed E-state index contributed by atoms with van der Waals surface area (Å²) >= 11 is 0. The lowest BCUT2D eigenvalue weighted by Gasteiger charge is -2.11. The van der Waals surface area contributed by atoms with Crippen LogP contribution in [0.3, 0.4) is 0 Å². The number of hydrogen-bond acceptors (Lipinski definition) is 6. The van der Waals surface area contributed by atoms with E-state index in [1.165, 1.54) is 24.3 Å². The van der Waals surface area contributed by atoms with Crippen molar-refractivity contribution >= 4 is 5.90 Å². The normalized spacial score (nSPS) is 16.4. The van der Waals surface area contributed by atoms with Gasteiger partial charge in [-0.05, 0) is 29.8 Å². The molecule has 0 bridgehead atoms. The average molecular weight is 390 g/mol. The van der Waals surface area contributed by atoms with E-state index in [2.05, 4.69) is 20.1 Å². The number of aromatic nitrogens is 3. The summed E-state index contributed by atoms with van der Waals surface area (Å²) in [5.74, 6) is 0.627. The van der Waals surface area contributed by atoms with Crippen molar-refractivity contribution in [1.29, 1.82) is 0 Å². The molecule has 10 heteroatoms. The first-order valence-corrected chi connectivity index (χ1v) is 8.17. The second-order valence-electron chi connectivity index (χ2n) is 5.87. The van der Waals surface area contributed by atoms with E-state index < -0.39 is 12.5 Å². The number of oxime groups is 1. The third kappa shape index (κ3) is 4.22. The number of hydrogen-bond donors (Lipinski definition) is 0. The van der Waals surface area contributed by atoms with Gasteiger partial charge < -0.3 is 14.3 Å². The van der Waals surface area contributed by atoms with Gasteiger partial charge in [0.1, 0.15) is 24.2 Å². The Morgan fingerprint density at radius 3 is 2.46 bits per heavy atom. The van der Waals surface area contributed by atoms with Gasteiger partial charge in [0.05, 0.1) is 12.1 Å². The minimum atomic E-state index is -4.73. The van der Waals surface area contributed by atoms with Gasteiger partial charge in [-0.25, -0.2) is 0 Å². The van der Waals surface area contributed by atoms with Gasteiger partial charge in [0.15, 0.2) is 6.10 Å². The third-order valence-corrected chi connectivity index (χ3v) is 3.90. The molecule has 2 heterocycles. The lowest BCUT2D eigenvalue weighted by Crippen LogP contribution is -2.17. The lowest BCUT2D eigenvalue weighted by molar-refractivity contribution is -0.274. The van der Waals surface area contributed by atoms with Crippen LogP contribution in [-0.2, 0) is 4.84 Å². The molecule has 0 amide bonds. The first kappa shape index (κ1) is 17.8. The predicted molar refractivity (Wildman–Crippen MR) is 91.0 cm³/mol. The van der Waals surface area contributed by atoms with Crippen LogP contribution < -0.4 is 9.47 Å². The molecule has 0 aliphatic carbocycles. The van der Waals surface area contributed by atoms with Crippen molar-refractivity contribution in [3.05, 3.63) is 66.7 Å². The highest BCUT2D eigenvalue weighted by Gasteiger charge is 2.31. The molecular weight excluding hydrogens is 377 g/mol. The summed E-state index contributed by atoms with van der Waals surface area (Å²) < 4.78 is 48.0. The van der Waals surface area contributed by atoms with E-state index in [4.69, 9.17) is 9.57 Å². The molecule has 144 valence electrons. The molecule has 0 unspecified atom stereocenters. The molecule has 1 aliphatic heterocycles. The van der Waals surface area contributed by atoms with Crippen LogP contribution in [-0.4, -0.2) is 27.0 Å². The van der Waals surface area contributed by atoms with Gasteiger partial charge in [-0.15, -0.1) is 23.4 Å². The molecule has 28 heavy (non-hydrogen) atoms. The second kappa shape index (κ2) is 7.22. The van der Waals surface area contributed by atoms with Crippen LogP contribution in [0, 0.1) is 0 Å². The van der Waals surface area contributed by atoms with Crippen molar-refractivity contribution in [2.75, 3.05) is 0 Å². The Balaban J connectivity index is 1.39. The highest BCUT2D eigenvalue weighted by Crippen LogP contribution is 2.31. The maximum atomic E-state index is 12.2. The third-order valence-electron chi connectivity index (χ3n) is 3.90. The van der Waals surface area contributed by atoms with Gasteiger partial charge in [0.25, 0.3) is 0 Å². The zero-order chi connectivity index (χ0) is 19.6. The minimum Gasteiger partial charge on any atom is -0.440 e. The predicted octanol–water partition coefficient (Wildman–Crippen LogP) is 4.02.